The predicted octanol–water partition coefficient (Wildman–Crippen LogP) is 4.97. The highest BCUT2D eigenvalue weighted by molar-refractivity contribution is 5.74. The summed E-state index contributed by atoms with van der Waals surface area (Å²) in [6.07, 6.45) is 1.09. The fraction of sp³-hybridized carbons (Fsp3) is 0.370. The monoisotopic (exact) mass is 572 g/mol. The number of ether oxygens (including phenoxy) is 1. The van der Waals surface area contributed by atoms with Crippen LogP contribution in [0, 0.1) is 11.6 Å². The maximum Gasteiger partial charge on any atom is 0.434 e. The van der Waals surface area contributed by atoms with Crippen LogP contribution >= 0.6 is 0 Å². The highest BCUT2D eigenvalue weighted by Crippen LogP contribution is 2.45. The summed E-state index contributed by atoms with van der Waals surface area (Å²) in [7, 11) is 4.67. The van der Waals surface area contributed by atoms with Crippen molar-refractivity contribution in [2.75, 3.05) is 37.0 Å². The van der Waals surface area contributed by atoms with Gasteiger partial charge in [0.1, 0.15) is 29.3 Å². The van der Waals surface area contributed by atoms with Crippen LogP contribution in [0.1, 0.15) is 35.7 Å². The van der Waals surface area contributed by atoms with E-state index in [0.29, 0.717) is 42.4 Å². The van der Waals surface area contributed by atoms with Crippen molar-refractivity contribution >= 4 is 11.5 Å². The number of hydrogen-bond acceptors (Lipinski definition) is 8. The molecule has 0 bridgehead atoms. The van der Waals surface area contributed by atoms with Crippen molar-refractivity contribution in [2.24, 2.45) is 7.05 Å². The van der Waals surface area contributed by atoms with Gasteiger partial charge in [0, 0.05) is 45.8 Å². The van der Waals surface area contributed by atoms with E-state index in [1.165, 1.54) is 20.5 Å². The van der Waals surface area contributed by atoms with Gasteiger partial charge in [0.15, 0.2) is 17.3 Å². The minimum atomic E-state index is -4.74. The molecular weight excluding hydrogens is 547 g/mol. The van der Waals surface area contributed by atoms with Gasteiger partial charge in [0.05, 0.1) is 30.3 Å². The van der Waals surface area contributed by atoms with Crippen molar-refractivity contribution in [3.63, 3.8) is 0 Å². The van der Waals surface area contributed by atoms with E-state index in [1.54, 1.807) is 6.20 Å². The SMILES string of the molecule is COc1ncnc(C2CC2)c1-c1ncc2c(n1)N(Cc1cc(F)c(-c3nc(C(F)(F)F)cn3C)c(F)c1)CCN2C. The highest BCUT2D eigenvalue weighted by atomic mass is 19.4. The van der Waals surface area contributed by atoms with Gasteiger partial charge in [-0.3, -0.25) is 0 Å². The highest BCUT2D eigenvalue weighted by Gasteiger charge is 2.36. The minimum Gasteiger partial charge on any atom is -0.480 e. The van der Waals surface area contributed by atoms with Crippen LogP contribution in [0.2, 0.25) is 0 Å². The zero-order valence-corrected chi connectivity index (χ0v) is 22.4. The number of rotatable bonds is 6. The number of nitrogens with zero attached hydrogens (tertiary/aromatic N) is 8. The van der Waals surface area contributed by atoms with Crippen molar-refractivity contribution in [1.29, 1.82) is 0 Å². The van der Waals surface area contributed by atoms with Gasteiger partial charge < -0.3 is 19.1 Å². The molecule has 1 fully saturated rings. The largest absolute Gasteiger partial charge is 0.480 e. The molecule has 1 aromatic carbocycles. The zero-order chi connectivity index (χ0) is 29.1. The number of imidazole rings is 1. The van der Waals surface area contributed by atoms with Crippen LogP contribution in [-0.4, -0.2) is 56.7 Å². The van der Waals surface area contributed by atoms with Crippen molar-refractivity contribution in [3.05, 3.63) is 59.4 Å². The molecule has 0 atom stereocenters. The van der Waals surface area contributed by atoms with E-state index in [9.17, 15) is 13.2 Å². The molecule has 4 heterocycles. The number of fused-ring (bicyclic) bond motifs is 1. The lowest BCUT2D eigenvalue weighted by atomic mass is 10.1. The molecule has 0 unspecified atom stereocenters. The second kappa shape index (κ2) is 9.93. The van der Waals surface area contributed by atoms with Crippen LogP contribution in [0.3, 0.4) is 0 Å². The Balaban J connectivity index is 1.36. The molecule has 9 nitrogen and oxygen atoms in total. The number of aromatic nitrogens is 6. The van der Waals surface area contributed by atoms with Crippen LogP contribution in [-0.2, 0) is 19.8 Å². The third-order valence-electron chi connectivity index (χ3n) is 7.25. The van der Waals surface area contributed by atoms with Gasteiger partial charge >= 0.3 is 6.18 Å². The van der Waals surface area contributed by atoms with Crippen molar-refractivity contribution in [3.8, 4) is 28.7 Å². The third-order valence-corrected chi connectivity index (χ3v) is 7.25. The summed E-state index contributed by atoms with van der Waals surface area (Å²) in [6.45, 7) is 1.20. The number of methoxy groups -OCH3 is 1. The van der Waals surface area contributed by atoms with Gasteiger partial charge in [-0.15, -0.1) is 0 Å². The molecule has 14 heteroatoms. The molecule has 1 aliphatic heterocycles. The first-order chi connectivity index (χ1) is 19.5. The topological polar surface area (TPSA) is 85.1 Å². The number of anilines is 2. The molecule has 1 saturated carbocycles. The Morgan fingerprint density at radius 1 is 0.976 bits per heavy atom. The number of benzene rings is 1. The molecule has 0 saturated heterocycles. The van der Waals surface area contributed by atoms with E-state index in [-0.39, 0.29) is 18.0 Å². The molecule has 1 aliphatic carbocycles. The van der Waals surface area contributed by atoms with Crippen LogP contribution < -0.4 is 14.5 Å². The first kappa shape index (κ1) is 26.8. The number of aryl methyl sites for hydroxylation is 1. The fourth-order valence-corrected chi connectivity index (χ4v) is 5.04. The lowest BCUT2D eigenvalue weighted by Crippen LogP contribution is -2.39. The first-order valence-corrected chi connectivity index (χ1v) is 12.9. The number of likely N-dealkylation sites (N-methyl/N-ethyl adjacent to an activating group) is 1. The summed E-state index contributed by atoms with van der Waals surface area (Å²) >= 11 is 0. The Kier molecular flexibility index (Phi) is 6.50. The Hall–Kier alpha value is -4.36. The second-order valence-corrected chi connectivity index (χ2v) is 10.2. The van der Waals surface area contributed by atoms with Crippen LogP contribution in [0.25, 0.3) is 22.8 Å². The van der Waals surface area contributed by atoms with E-state index in [2.05, 4.69) is 19.9 Å². The van der Waals surface area contributed by atoms with Gasteiger partial charge in [-0.1, -0.05) is 0 Å². The maximum absolute atomic E-state index is 15.2. The molecule has 214 valence electrons. The third kappa shape index (κ3) is 4.91. The van der Waals surface area contributed by atoms with Crippen LogP contribution in [0.5, 0.6) is 5.88 Å². The van der Waals surface area contributed by atoms with E-state index in [4.69, 9.17) is 9.72 Å². The summed E-state index contributed by atoms with van der Waals surface area (Å²) in [4.78, 5) is 25.4. The molecule has 41 heavy (non-hydrogen) atoms. The van der Waals surface area contributed by atoms with E-state index < -0.39 is 34.9 Å². The minimum absolute atomic E-state index is 0.0949. The molecule has 0 amide bonds. The number of hydrogen-bond donors (Lipinski definition) is 0. The van der Waals surface area contributed by atoms with Gasteiger partial charge in [-0.2, -0.15) is 13.2 Å². The average Bonchev–Trinajstić information content (AvgIpc) is 3.70. The molecule has 0 radical (unpaired) electrons. The molecule has 4 aromatic rings. The Morgan fingerprint density at radius 2 is 1.71 bits per heavy atom. The standard InChI is InChI=1S/C27H25F5N8O/c1-38-6-7-40(11-14-8-16(28)20(17(29)9-14)25-36-19(12-39(25)2)27(30,31)32)24-18(38)10-33-23(37-24)21-22(15-4-5-15)34-13-35-26(21)41-3/h8-10,12-13,15H,4-7,11H2,1-3H3. The van der Waals surface area contributed by atoms with Gasteiger partial charge in [-0.25, -0.2) is 33.7 Å². The normalized spacial score (nSPS) is 15.3. The zero-order valence-electron chi connectivity index (χ0n) is 22.4. The van der Waals surface area contributed by atoms with Crippen LogP contribution in [0.15, 0.2) is 30.9 Å². The Morgan fingerprint density at radius 3 is 2.34 bits per heavy atom. The lowest BCUT2D eigenvalue weighted by molar-refractivity contribution is -0.140. The summed E-state index contributed by atoms with van der Waals surface area (Å²) in [6, 6.07) is 2.22. The molecular formula is C27H25F5N8O. The van der Waals surface area contributed by atoms with E-state index >= 15 is 8.78 Å². The number of alkyl halides is 3. The van der Waals surface area contributed by atoms with Crippen molar-refractivity contribution in [1.82, 2.24) is 29.5 Å². The maximum atomic E-state index is 15.2. The van der Waals surface area contributed by atoms with Gasteiger partial charge in [0.25, 0.3) is 0 Å². The molecule has 0 spiro atoms. The summed E-state index contributed by atoms with van der Waals surface area (Å²) < 4.78 is 76.3. The van der Waals surface area contributed by atoms with Crippen molar-refractivity contribution < 1.29 is 26.7 Å². The Labute approximate surface area is 231 Å². The van der Waals surface area contributed by atoms with E-state index in [0.717, 1.165) is 40.9 Å². The second-order valence-electron chi connectivity index (χ2n) is 10.2. The average molecular weight is 573 g/mol. The molecule has 6 rings (SSSR count). The lowest BCUT2D eigenvalue weighted by Gasteiger charge is -2.36. The smallest absolute Gasteiger partial charge is 0.434 e. The molecule has 3 aromatic heterocycles. The molecule has 2 aliphatic rings. The first-order valence-electron chi connectivity index (χ1n) is 12.9. The summed E-state index contributed by atoms with van der Waals surface area (Å²) in [5.74, 6) is -0.907. The van der Waals surface area contributed by atoms with Crippen molar-refractivity contribution in [2.45, 2.75) is 31.5 Å². The van der Waals surface area contributed by atoms with Gasteiger partial charge in [-0.05, 0) is 30.5 Å². The Bertz CT molecular complexity index is 1610. The van der Waals surface area contributed by atoms with Crippen LogP contribution in [0.4, 0.5) is 33.5 Å². The number of halogens is 5. The van der Waals surface area contributed by atoms with Gasteiger partial charge in [0.2, 0.25) is 5.88 Å². The summed E-state index contributed by atoms with van der Waals surface area (Å²) in [5, 5.41) is 0. The fourth-order valence-electron chi connectivity index (χ4n) is 5.04. The quantitative estimate of drug-likeness (QED) is 0.300. The summed E-state index contributed by atoms with van der Waals surface area (Å²) in [5.41, 5.74) is 0.586. The molecule has 0 N–H and O–H groups in total. The predicted molar refractivity (Wildman–Crippen MR) is 139 cm³/mol. The van der Waals surface area contributed by atoms with E-state index in [1.807, 2.05) is 16.8 Å².